The molecule has 0 amide bonds. The molecule has 0 fully saturated rings. The molecular weight excluding hydrogens is 286 g/mol. The molecule has 0 aliphatic rings. The first-order valence-corrected chi connectivity index (χ1v) is 7.39. The highest BCUT2D eigenvalue weighted by molar-refractivity contribution is 7.84. The Hall–Kier alpha value is -2.03. The normalized spacial score (nSPS) is 13.5. The van der Waals surface area contributed by atoms with Gasteiger partial charge in [0.05, 0.1) is 4.92 Å². The summed E-state index contributed by atoms with van der Waals surface area (Å²) in [5, 5.41) is 22.4. The number of rotatable bonds is 7. The van der Waals surface area contributed by atoms with E-state index in [-0.39, 0.29) is 22.3 Å². The van der Waals surface area contributed by atoms with Gasteiger partial charge in [0.25, 0.3) is 5.69 Å². The van der Waals surface area contributed by atoms with Crippen molar-refractivity contribution in [3.63, 3.8) is 0 Å². The number of carbonyl (C=O) groups is 1. The van der Waals surface area contributed by atoms with E-state index in [2.05, 4.69) is 10.3 Å². The van der Waals surface area contributed by atoms with E-state index in [1.165, 1.54) is 0 Å². The van der Waals surface area contributed by atoms with Crippen molar-refractivity contribution >= 4 is 28.3 Å². The minimum atomic E-state index is -1.30. The molecule has 0 bridgehead atoms. The smallest absolute Gasteiger partial charge is 0.339 e. The Morgan fingerprint density at radius 1 is 1.65 bits per heavy atom. The van der Waals surface area contributed by atoms with Crippen LogP contribution in [0, 0.1) is 10.1 Å². The van der Waals surface area contributed by atoms with Gasteiger partial charge in [0, 0.05) is 34.9 Å². The van der Waals surface area contributed by atoms with Gasteiger partial charge in [-0.3, -0.25) is 14.3 Å². The van der Waals surface area contributed by atoms with E-state index in [0.717, 1.165) is 12.3 Å². The van der Waals surface area contributed by atoms with Gasteiger partial charge >= 0.3 is 5.97 Å². The highest BCUT2D eigenvalue weighted by atomic mass is 32.2. The maximum Gasteiger partial charge on any atom is 0.339 e. The van der Waals surface area contributed by atoms with Crippen LogP contribution < -0.4 is 5.32 Å². The first-order chi connectivity index (χ1) is 9.32. The van der Waals surface area contributed by atoms with Crippen molar-refractivity contribution in [1.29, 1.82) is 0 Å². The summed E-state index contributed by atoms with van der Waals surface area (Å²) in [5.74, 6) is -1.23. The highest BCUT2D eigenvalue weighted by Crippen LogP contribution is 2.19. The molecule has 1 aromatic heterocycles. The van der Waals surface area contributed by atoms with Crippen LogP contribution in [-0.2, 0) is 10.8 Å². The molecule has 2 unspecified atom stereocenters. The zero-order valence-corrected chi connectivity index (χ0v) is 11.8. The van der Waals surface area contributed by atoms with Gasteiger partial charge in [-0.15, -0.1) is 0 Å². The van der Waals surface area contributed by atoms with Crippen molar-refractivity contribution in [3.8, 4) is 0 Å². The fourth-order valence-corrected chi connectivity index (χ4v) is 1.87. The van der Waals surface area contributed by atoms with Gasteiger partial charge in [0.15, 0.2) is 0 Å². The number of aromatic carboxylic acids is 1. The van der Waals surface area contributed by atoms with Crippen molar-refractivity contribution in [1.82, 2.24) is 4.98 Å². The van der Waals surface area contributed by atoms with E-state index in [1.54, 1.807) is 6.26 Å². The quantitative estimate of drug-likeness (QED) is 0.574. The number of pyridine rings is 1. The number of carboxylic acid groups (broad SMARTS) is 1. The molecule has 8 nitrogen and oxygen atoms in total. The van der Waals surface area contributed by atoms with Gasteiger partial charge in [-0.25, -0.2) is 9.78 Å². The number of hydrogen-bond acceptors (Lipinski definition) is 6. The Kier molecular flexibility index (Phi) is 5.56. The second kappa shape index (κ2) is 6.94. The molecule has 2 N–H and O–H groups in total. The van der Waals surface area contributed by atoms with Crippen molar-refractivity contribution in [2.24, 2.45) is 0 Å². The lowest BCUT2D eigenvalue weighted by atomic mass is 10.2. The maximum atomic E-state index is 11.2. The number of carboxylic acids is 1. The highest BCUT2D eigenvalue weighted by Gasteiger charge is 2.17. The van der Waals surface area contributed by atoms with Crippen molar-refractivity contribution in [2.45, 2.75) is 18.6 Å². The Bertz CT molecular complexity index is 549. The molecule has 110 valence electrons. The lowest BCUT2D eigenvalue weighted by Crippen LogP contribution is -2.16. The van der Waals surface area contributed by atoms with Gasteiger partial charge in [0.2, 0.25) is 0 Å². The van der Waals surface area contributed by atoms with Crippen LogP contribution in [-0.4, -0.2) is 43.2 Å². The Balaban J connectivity index is 2.82. The van der Waals surface area contributed by atoms with Crippen molar-refractivity contribution in [2.75, 3.05) is 18.1 Å². The first-order valence-electron chi connectivity index (χ1n) is 5.76. The third-order valence-corrected chi connectivity index (χ3v) is 4.09. The van der Waals surface area contributed by atoms with E-state index >= 15 is 0 Å². The molecule has 0 aliphatic heterocycles. The third-order valence-electron chi connectivity index (χ3n) is 2.72. The Morgan fingerprint density at radius 2 is 2.30 bits per heavy atom. The summed E-state index contributed by atoms with van der Waals surface area (Å²) < 4.78 is 11.2. The number of aromatic nitrogens is 1. The molecule has 9 heteroatoms. The zero-order valence-electron chi connectivity index (χ0n) is 11.0. The summed E-state index contributed by atoms with van der Waals surface area (Å²) in [6.45, 7) is 2.20. The summed E-state index contributed by atoms with van der Waals surface area (Å²) in [6.07, 6.45) is 3.16. The number of nitrogens with one attached hydrogen (secondary N) is 1. The number of anilines is 1. The van der Waals surface area contributed by atoms with E-state index < -0.39 is 21.7 Å². The van der Waals surface area contributed by atoms with E-state index in [4.69, 9.17) is 5.11 Å². The maximum absolute atomic E-state index is 11.2. The zero-order chi connectivity index (χ0) is 15.3. The lowest BCUT2D eigenvalue weighted by molar-refractivity contribution is -0.385. The van der Waals surface area contributed by atoms with Gasteiger partial charge in [-0.05, 0) is 6.42 Å². The number of nitrogens with zero attached hydrogens (tertiary/aromatic N) is 2. The Labute approximate surface area is 117 Å². The molecule has 0 saturated heterocycles. The summed E-state index contributed by atoms with van der Waals surface area (Å²) >= 11 is 0. The van der Waals surface area contributed by atoms with Crippen molar-refractivity contribution in [3.05, 3.63) is 27.9 Å². The molecule has 1 aromatic rings. The first kappa shape index (κ1) is 16.0. The largest absolute Gasteiger partial charge is 0.478 e. The average molecular weight is 301 g/mol. The van der Waals surface area contributed by atoms with Crippen LogP contribution in [0.2, 0.25) is 0 Å². The fourth-order valence-electron chi connectivity index (χ4n) is 1.42. The predicted octanol–water partition coefficient (Wildman–Crippen LogP) is 1.26. The van der Waals surface area contributed by atoms with Crippen LogP contribution >= 0.6 is 0 Å². The standard InChI is InChI=1S/C11H15N3O5S/c1-7(20(2)19)3-4-12-10-9(11(15)16)5-8(6-13-10)14(17)18/h5-7H,3-4H2,1-2H3,(H,12,13)(H,15,16). The monoisotopic (exact) mass is 301 g/mol. The molecule has 2 atom stereocenters. The van der Waals surface area contributed by atoms with Gasteiger partial charge in [0.1, 0.15) is 17.6 Å². The van der Waals surface area contributed by atoms with E-state index in [9.17, 15) is 19.1 Å². The van der Waals surface area contributed by atoms with Gasteiger partial charge in [-0.1, -0.05) is 6.92 Å². The lowest BCUT2D eigenvalue weighted by Gasteiger charge is -2.11. The summed E-state index contributed by atoms with van der Waals surface area (Å²) in [5.41, 5.74) is -0.638. The van der Waals surface area contributed by atoms with E-state index in [1.807, 2.05) is 6.92 Å². The second-order valence-electron chi connectivity index (χ2n) is 4.18. The molecule has 0 saturated carbocycles. The van der Waals surface area contributed by atoms with Crippen LogP contribution in [0.5, 0.6) is 0 Å². The Morgan fingerprint density at radius 3 is 2.80 bits per heavy atom. The van der Waals surface area contributed by atoms with Crippen LogP contribution in [0.4, 0.5) is 11.5 Å². The predicted molar refractivity (Wildman–Crippen MR) is 74.5 cm³/mol. The SMILES string of the molecule is CC(CCNc1ncc([N+](=O)[O-])cc1C(=O)O)S(C)=O. The molecule has 0 spiro atoms. The summed E-state index contributed by atoms with van der Waals surface area (Å²) in [4.78, 5) is 24.7. The number of nitro groups is 1. The average Bonchev–Trinajstić information content (AvgIpc) is 2.38. The van der Waals surface area contributed by atoms with E-state index in [0.29, 0.717) is 13.0 Å². The summed E-state index contributed by atoms with van der Waals surface area (Å²) in [7, 11) is -0.958. The molecular formula is C11H15N3O5S. The molecule has 0 aromatic carbocycles. The van der Waals surface area contributed by atoms with Crippen LogP contribution in [0.25, 0.3) is 0 Å². The minimum Gasteiger partial charge on any atom is -0.478 e. The molecule has 1 rings (SSSR count). The number of hydrogen-bond donors (Lipinski definition) is 2. The van der Waals surface area contributed by atoms with Crippen LogP contribution in [0.3, 0.4) is 0 Å². The van der Waals surface area contributed by atoms with Crippen LogP contribution in [0.1, 0.15) is 23.7 Å². The van der Waals surface area contributed by atoms with Gasteiger partial charge < -0.3 is 10.4 Å². The van der Waals surface area contributed by atoms with Gasteiger partial charge in [-0.2, -0.15) is 0 Å². The molecule has 0 aliphatic carbocycles. The van der Waals surface area contributed by atoms with Crippen molar-refractivity contribution < 1.29 is 19.0 Å². The molecule has 20 heavy (non-hydrogen) atoms. The fraction of sp³-hybridized carbons (Fsp3) is 0.455. The molecule has 1 heterocycles. The summed E-state index contributed by atoms with van der Waals surface area (Å²) in [6, 6.07) is 0.957. The molecule has 0 radical (unpaired) electrons. The third kappa shape index (κ3) is 4.26. The minimum absolute atomic E-state index is 0.0335. The van der Waals surface area contributed by atoms with Crippen LogP contribution in [0.15, 0.2) is 12.3 Å². The second-order valence-corrected chi connectivity index (χ2v) is 5.98. The topological polar surface area (TPSA) is 122 Å².